The molecule has 1 fully saturated rings. The number of rotatable bonds is 4. The summed E-state index contributed by atoms with van der Waals surface area (Å²) < 4.78 is 15.8. The molecule has 1 N–H and O–H groups in total. The molecule has 0 radical (unpaired) electrons. The van der Waals surface area contributed by atoms with Crippen LogP contribution in [0, 0.1) is 0 Å². The number of hydrogen-bond acceptors (Lipinski definition) is 6. The topological polar surface area (TPSA) is 77.4 Å². The third-order valence-corrected chi connectivity index (χ3v) is 5.87. The quantitative estimate of drug-likeness (QED) is 0.804. The molecule has 29 heavy (non-hydrogen) atoms. The highest BCUT2D eigenvalue weighted by Crippen LogP contribution is 2.44. The molecule has 2 aromatic rings. The number of methoxy groups -OCH3 is 3. The summed E-state index contributed by atoms with van der Waals surface area (Å²) in [4.78, 5) is 16.8. The number of aliphatic hydroxyl groups excluding tert-OH is 1. The van der Waals surface area contributed by atoms with E-state index in [-0.39, 0.29) is 24.0 Å². The molecule has 0 bridgehead atoms. The van der Waals surface area contributed by atoms with Gasteiger partial charge in [0.05, 0.1) is 44.8 Å². The van der Waals surface area contributed by atoms with E-state index in [2.05, 4.69) is 0 Å². The summed E-state index contributed by atoms with van der Waals surface area (Å²) in [6.07, 6.45) is 1.96. The Kier molecular flexibility index (Phi) is 5.28. The van der Waals surface area contributed by atoms with Crippen molar-refractivity contribution in [1.29, 1.82) is 0 Å². The Labute approximate surface area is 170 Å². The van der Waals surface area contributed by atoms with Crippen molar-refractivity contribution < 1.29 is 24.1 Å². The number of nitrogens with zero attached hydrogens (tertiary/aromatic N) is 1. The molecule has 6 nitrogen and oxygen atoms in total. The molecule has 0 amide bonds. The second kappa shape index (κ2) is 7.87. The van der Waals surface area contributed by atoms with E-state index >= 15 is 0 Å². The summed E-state index contributed by atoms with van der Waals surface area (Å²) in [7, 11) is 4.61. The van der Waals surface area contributed by atoms with E-state index in [1.165, 1.54) is 7.11 Å². The van der Waals surface area contributed by atoms with E-state index in [1.54, 1.807) is 26.4 Å². The Bertz CT molecular complexity index is 950. The molecule has 4 rings (SSSR count). The monoisotopic (exact) mass is 395 g/mol. The van der Waals surface area contributed by atoms with E-state index in [0.29, 0.717) is 23.5 Å². The van der Waals surface area contributed by atoms with Crippen LogP contribution in [0.25, 0.3) is 0 Å². The largest absolute Gasteiger partial charge is 0.493 e. The molecule has 152 valence electrons. The van der Waals surface area contributed by atoms with Gasteiger partial charge in [-0.3, -0.25) is 4.99 Å². The lowest BCUT2D eigenvalue weighted by Crippen LogP contribution is -2.34. The summed E-state index contributed by atoms with van der Waals surface area (Å²) in [6.45, 7) is 0. The van der Waals surface area contributed by atoms with Gasteiger partial charge in [-0.1, -0.05) is 12.1 Å². The first-order chi connectivity index (χ1) is 14.0. The number of benzene rings is 2. The standard InChI is InChI=1S/C23H25NO5/c1-27-20-11-16-17-10-15(25)8-9-19(17)24-22(18(16)12-21(20)28-2)13-4-6-14(7-5-13)23(26)29-3/h4-7,11-12,15,17,19,25H,8-10H2,1-3H3. The number of fused-ring (bicyclic) bond motifs is 3. The van der Waals surface area contributed by atoms with Crippen LogP contribution in [0.2, 0.25) is 0 Å². The fraction of sp³-hybridized carbons (Fsp3) is 0.391. The van der Waals surface area contributed by atoms with Gasteiger partial charge in [0.25, 0.3) is 0 Å². The van der Waals surface area contributed by atoms with Crippen LogP contribution in [-0.4, -0.2) is 50.3 Å². The van der Waals surface area contributed by atoms with Crippen molar-refractivity contribution in [1.82, 2.24) is 0 Å². The Morgan fingerprint density at radius 2 is 1.72 bits per heavy atom. The Morgan fingerprint density at radius 1 is 1.03 bits per heavy atom. The van der Waals surface area contributed by atoms with E-state index in [9.17, 15) is 9.90 Å². The van der Waals surface area contributed by atoms with Gasteiger partial charge < -0.3 is 19.3 Å². The molecule has 3 atom stereocenters. The van der Waals surface area contributed by atoms with Crippen LogP contribution in [0.5, 0.6) is 11.5 Å². The fourth-order valence-electron chi connectivity index (χ4n) is 4.38. The summed E-state index contributed by atoms with van der Waals surface area (Å²) in [6, 6.07) is 11.4. The van der Waals surface area contributed by atoms with Crippen LogP contribution in [0.15, 0.2) is 41.4 Å². The third-order valence-electron chi connectivity index (χ3n) is 5.87. The van der Waals surface area contributed by atoms with Crippen molar-refractivity contribution in [2.24, 2.45) is 4.99 Å². The van der Waals surface area contributed by atoms with Crippen LogP contribution in [-0.2, 0) is 4.74 Å². The van der Waals surface area contributed by atoms with Gasteiger partial charge in [0.2, 0.25) is 0 Å². The van der Waals surface area contributed by atoms with E-state index in [4.69, 9.17) is 19.2 Å². The lowest BCUT2D eigenvalue weighted by molar-refractivity contribution is 0.0600. The first kappa shape index (κ1) is 19.5. The minimum Gasteiger partial charge on any atom is -0.493 e. The van der Waals surface area contributed by atoms with Gasteiger partial charge in [-0.15, -0.1) is 0 Å². The Hall–Kier alpha value is -2.86. The first-order valence-corrected chi connectivity index (χ1v) is 9.76. The van der Waals surface area contributed by atoms with Crippen LogP contribution >= 0.6 is 0 Å². The highest BCUT2D eigenvalue weighted by Gasteiger charge is 2.37. The SMILES string of the molecule is COC(=O)c1ccc(C2=NC3CCC(O)CC3c3cc(OC)c(OC)cc32)cc1. The molecule has 2 aliphatic rings. The van der Waals surface area contributed by atoms with Crippen LogP contribution in [0.3, 0.4) is 0 Å². The van der Waals surface area contributed by atoms with Crippen molar-refractivity contribution in [3.63, 3.8) is 0 Å². The number of esters is 1. The number of ether oxygens (including phenoxy) is 3. The van der Waals surface area contributed by atoms with E-state index in [1.807, 2.05) is 24.3 Å². The minimum atomic E-state index is -0.365. The van der Waals surface area contributed by atoms with Crippen molar-refractivity contribution in [2.75, 3.05) is 21.3 Å². The highest BCUT2D eigenvalue weighted by atomic mass is 16.5. The molecule has 1 heterocycles. The summed E-state index contributed by atoms with van der Waals surface area (Å²) in [5.41, 5.74) is 4.39. The lowest BCUT2D eigenvalue weighted by atomic mass is 9.74. The maximum absolute atomic E-state index is 11.8. The Balaban J connectivity index is 1.83. The van der Waals surface area contributed by atoms with Crippen LogP contribution in [0.4, 0.5) is 0 Å². The smallest absolute Gasteiger partial charge is 0.337 e. The number of carbonyl (C=O) groups excluding carboxylic acids is 1. The van der Waals surface area contributed by atoms with Gasteiger partial charge in [-0.2, -0.15) is 0 Å². The minimum absolute atomic E-state index is 0.110. The molecular weight excluding hydrogens is 370 g/mol. The van der Waals surface area contributed by atoms with Crippen molar-refractivity contribution in [3.8, 4) is 11.5 Å². The maximum atomic E-state index is 11.8. The van der Waals surface area contributed by atoms with Crippen LogP contribution in [0.1, 0.15) is 52.2 Å². The fourth-order valence-corrected chi connectivity index (χ4v) is 4.38. The van der Waals surface area contributed by atoms with Crippen molar-refractivity contribution >= 4 is 11.7 Å². The molecule has 1 aliphatic heterocycles. The predicted octanol–water partition coefficient (Wildman–Crippen LogP) is 3.34. The molecule has 2 aromatic carbocycles. The van der Waals surface area contributed by atoms with E-state index in [0.717, 1.165) is 35.2 Å². The zero-order valence-corrected chi connectivity index (χ0v) is 16.8. The highest BCUT2D eigenvalue weighted by molar-refractivity contribution is 6.15. The molecular formula is C23H25NO5. The van der Waals surface area contributed by atoms with Gasteiger partial charge in [0, 0.05) is 17.0 Å². The second-order valence-electron chi connectivity index (χ2n) is 7.48. The molecule has 6 heteroatoms. The number of aliphatic hydroxyl groups is 1. The van der Waals surface area contributed by atoms with Gasteiger partial charge in [-0.25, -0.2) is 4.79 Å². The van der Waals surface area contributed by atoms with Gasteiger partial charge in [0.1, 0.15) is 0 Å². The van der Waals surface area contributed by atoms with Crippen LogP contribution < -0.4 is 9.47 Å². The van der Waals surface area contributed by atoms with Gasteiger partial charge in [0.15, 0.2) is 11.5 Å². The average molecular weight is 395 g/mol. The zero-order valence-electron chi connectivity index (χ0n) is 16.8. The summed E-state index contributed by atoms with van der Waals surface area (Å²) >= 11 is 0. The number of carbonyl (C=O) groups is 1. The zero-order chi connectivity index (χ0) is 20.5. The third kappa shape index (κ3) is 3.49. The average Bonchev–Trinajstić information content (AvgIpc) is 2.77. The van der Waals surface area contributed by atoms with Crippen molar-refractivity contribution in [2.45, 2.75) is 37.3 Å². The first-order valence-electron chi connectivity index (χ1n) is 9.76. The Morgan fingerprint density at radius 3 is 2.38 bits per heavy atom. The lowest BCUT2D eigenvalue weighted by Gasteiger charge is -2.37. The van der Waals surface area contributed by atoms with Gasteiger partial charge in [-0.05, 0) is 49.1 Å². The molecule has 0 saturated heterocycles. The summed E-state index contributed by atoms with van der Waals surface area (Å²) in [5.74, 6) is 1.09. The molecule has 0 spiro atoms. The molecule has 1 saturated carbocycles. The molecule has 1 aliphatic carbocycles. The number of hydrogen-bond donors (Lipinski definition) is 1. The molecule has 0 aromatic heterocycles. The normalized spacial score (nSPS) is 22.8. The van der Waals surface area contributed by atoms with E-state index < -0.39 is 0 Å². The second-order valence-corrected chi connectivity index (χ2v) is 7.48. The summed E-state index contributed by atoms with van der Waals surface area (Å²) in [5, 5.41) is 10.2. The van der Waals surface area contributed by atoms with Crippen molar-refractivity contribution in [3.05, 3.63) is 58.7 Å². The maximum Gasteiger partial charge on any atom is 0.337 e. The number of aliphatic imine (C=N–C) groups is 1. The predicted molar refractivity (Wildman–Crippen MR) is 109 cm³/mol. The van der Waals surface area contributed by atoms with Gasteiger partial charge >= 0.3 is 5.97 Å². The molecule has 3 unspecified atom stereocenters.